The average Bonchev–Trinajstić information content (AvgIpc) is 3.01. The lowest BCUT2D eigenvalue weighted by Gasteiger charge is -2.11. The van der Waals surface area contributed by atoms with Gasteiger partial charge in [-0.15, -0.1) is 0 Å². The third kappa shape index (κ3) is 3.47. The zero-order valence-corrected chi connectivity index (χ0v) is 15.1. The van der Waals surface area contributed by atoms with E-state index >= 15 is 0 Å². The van der Waals surface area contributed by atoms with Crippen LogP contribution in [0.4, 0.5) is 32.0 Å². The molecule has 30 heavy (non-hydrogen) atoms. The molecule has 4 aromatic rings. The maximum atomic E-state index is 14.2. The molecule has 0 aliphatic heterocycles. The SMILES string of the molecule is Nc1cccc(-c2c3cccc(C(F)(F)F)c3nn2Cc2c(F)cc(F)cc2F)c1. The first kappa shape index (κ1) is 19.8. The Labute approximate surface area is 166 Å². The lowest BCUT2D eigenvalue weighted by Crippen LogP contribution is -2.09. The van der Waals surface area contributed by atoms with Crippen molar-refractivity contribution in [3.8, 4) is 11.3 Å². The van der Waals surface area contributed by atoms with Crippen LogP contribution in [0.2, 0.25) is 0 Å². The van der Waals surface area contributed by atoms with E-state index in [9.17, 15) is 26.3 Å². The van der Waals surface area contributed by atoms with Gasteiger partial charge in [0.15, 0.2) is 0 Å². The minimum Gasteiger partial charge on any atom is -0.399 e. The van der Waals surface area contributed by atoms with Gasteiger partial charge < -0.3 is 5.73 Å². The molecule has 0 aliphatic carbocycles. The number of anilines is 1. The van der Waals surface area contributed by atoms with Gasteiger partial charge in [0.05, 0.1) is 17.8 Å². The number of benzene rings is 3. The molecule has 0 saturated heterocycles. The van der Waals surface area contributed by atoms with Gasteiger partial charge in [-0.1, -0.05) is 24.3 Å². The third-order valence-corrected chi connectivity index (χ3v) is 4.65. The molecule has 9 heteroatoms. The Morgan fingerprint density at radius 3 is 2.20 bits per heavy atom. The highest BCUT2D eigenvalue weighted by Crippen LogP contribution is 2.38. The van der Waals surface area contributed by atoms with E-state index < -0.39 is 41.3 Å². The zero-order valence-electron chi connectivity index (χ0n) is 15.1. The number of alkyl halides is 3. The van der Waals surface area contributed by atoms with Crippen LogP contribution in [0.3, 0.4) is 0 Å². The highest BCUT2D eigenvalue weighted by Gasteiger charge is 2.34. The predicted octanol–water partition coefficient (Wildman–Crippen LogP) is 5.77. The molecule has 2 N–H and O–H groups in total. The molecule has 0 fully saturated rings. The van der Waals surface area contributed by atoms with Gasteiger partial charge in [-0.2, -0.15) is 18.3 Å². The Hall–Kier alpha value is -3.49. The lowest BCUT2D eigenvalue weighted by molar-refractivity contribution is -0.136. The van der Waals surface area contributed by atoms with Crippen molar-refractivity contribution in [2.75, 3.05) is 5.73 Å². The van der Waals surface area contributed by atoms with Crippen molar-refractivity contribution in [2.24, 2.45) is 0 Å². The number of nitrogen functional groups attached to an aromatic ring is 1. The molecule has 0 atom stereocenters. The van der Waals surface area contributed by atoms with Crippen molar-refractivity contribution in [3.05, 3.63) is 83.2 Å². The molecule has 154 valence electrons. The quantitative estimate of drug-likeness (QED) is 0.337. The van der Waals surface area contributed by atoms with Gasteiger partial charge in [0.2, 0.25) is 0 Å². The minimum atomic E-state index is -4.68. The van der Waals surface area contributed by atoms with Crippen molar-refractivity contribution in [2.45, 2.75) is 12.7 Å². The Bertz CT molecular complexity index is 1240. The van der Waals surface area contributed by atoms with Crippen LogP contribution in [0.25, 0.3) is 22.2 Å². The normalized spacial score (nSPS) is 11.9. The first-order valence-corrected chi connectivity index (χ1v) is 8.71. The molecule has 0 aliphatic rings. The smallest absolute Gasteiger partial charge is 0.399 e. The summed E-state index contributed by atoms with van der Waals surface area (Å²) in [6.07, 6.45) is -4.68. The summed E-state index contributed by atoms with van der Waals surface area (Å²) in [7, 11) is 0. The van der Waals surface area contributed by atoms with Crippen molar-refractivity contribution >= 4 is 16.6 Å². The van der Waals surface area contributed by atoms with Crippen LogP contribution in [0.5, 0.6) is 0 Å². The van der Waals surface area contributed by atoms with Gasteiger partial charge in [0.1, 0.15) is 23.0 Å². The summed E-state index contributed by atoms with van der Waals surface area (Å²) in [5.74, 6) is -3.43. The summed E-state index contributed by atoms with van der Waals surface area (Å²) in [4.78, 5) is 0. The van der Waals surface area contributed by atoms with Crippen LogP contribution in [-0.2, 0) is 12.7 Å². The second-order valence-electron chi connectivity index (χ2n) is 6.68. The maximum absolute atomic E-state index is 14.2. The van der Waals surface area contributed by atoms with Crippen LogP contribution in [0, 0.1) is 17.5 Å². The molecule has 4 rings (SSSR count). The fourth-order valence-corrected chi connectivity index (χ4v) is 3.36. The van der Waals surface area contributed by atoms with Crippen LogP contribution in [-0.4, -0.2) is 9.78 Å². The van der Waals surface area contributed by atoms with Gasteiger partial charge in [0.25, 0.3) is 0 Å². The van der Waals surface area contributed by atoms with Crippen LogP contribution < -0.4 is 5.73 Å². The molecule has 1 aromatic heterocycles. The number of nitrogens with two attached hydrogens (primary N) is 1. The van der Waals surface area contributed by atoms with Gasteiger partial charge >= 0.3 is 6.18 Å². The average molecular weight is 421 g/mol. The Balaban J connectivity index is 2.00. The molecule has 0 unspecified atom stereocenters. The van der Waals surface area contributed by atoms with Gasteiger partial charge in [-0.05, 0) is 18.2 Å². The van der Waals surface area contributed by atoms with E-state index in [1.165, 1.54) is 18.2 Å². The minimum absolute atomic E-state index is 0.137. The molecule has 0 bridgehead atoms. The fourth-order valence-electron chi connectivity index (χ4n) is 3.36. The fraction of sp³-hybridized carbons (Fsp3) is 0.0952. The van der Waals surface area contributed by atoms with Crippen molar-refractivity contribution in [1.29, 1.82) is 0 Å². The molecule has 0 spiro atoms. The summed E-state index contributed by atoms with van der Waals surface area (Å²) in [5.41, 5.74) is 4.89. The number of halogens is 6. The molecule has 1 heterocycles. The highest BCUT2D eigenvalue weighted by atomic mass is 19.4. The highest BCUT2D eigenvalue weighted by molar-refractivity contribution is 5.95. The van der Waals surface area contributed by atoms with Gasteiger partial charge in [0, 0.05) is 34.3 Å². The van der Waals surface area contributed by atoms with E-state index in [1.807, 2.05) is 0 Å². The van der Waals surface area contributed by atoms with E-state index in [-0.39, 0.29) is 16.6 Å². The summed E-state index contributed by atoms with van der Waals surface area (Å²) < 4.78 is 83.2. The predicted molar refractivity (Wildman–Crippen MR) is 100 cm³/mol. The third-order valence-electron chi connectivity index (χ3n) is 4.65. The molecular formula is C21H13F6N3. The molecule has 0 amide bonds. The van der Waals surface area contributed by atoms with E-state index in [4.69, 9.17) is 5.73 Å². The van der Waals surface area contributed by atoms with Crippen molar-refractivity contribution < 1.29 is 26.3 Å². The van der Waals surface area contributed by atoms with Crippen molar-refractivity contribution in [3.63, 3.8) is 0 Å². The molecule has 3 aromatic carbocycles. The van der Waals surface area contributed by atoms with E-state index in [0.717, 1.165) is 10.7 Å². The summed E-state index contributed by atoms with van der Waals surface area (Å²) in [6.45, 7) is -0.548. The number of hydrogen-bond donors (Lipinski definition) is 1. The number of nitrogens with zero attached hydrogens (tertiary/aromatic N) is 2. The second-order valence-corrected chi connectivity index (χ2v) is 6.68. The molecule has 0 saturated carbocycles. The van der Waals surface area contributed by atoms with Crippen LogP contribution in [0.15, 0.2) is 54.6 Å². The Morgan fingerprint density at radius 2 is 1.57 bits per heavy atom. The standard InChI is InChI=1S/C21H13F6N3/c22-12-8-17(23)15(18(24)9-12)10-30-20(11-3-1-4-13(28)7-11)14-5-2-6-16(19(14)29-30)21(25,26)27/h1-9H,10,28H2. The number of hydrogen-bond acceptors (Lipinski definition) is 2. The lowest BCUT2D eigenvalue weighted by atomic mass is 10.0. The van der Waals surface area contributed by atoms with Gasteiger partial charge in [-0.25, -0.2) is 13.2 Å². The molecule has 3 nitrogen and oxygen atoms in total. The summed E-state index contributed by atoms with van der Waals surface area (Å²) in [6, 6.07) is 10.8. The molecular weight excluding hydrogens is 408 g/mol. The van der Waals surface area contributed by atoms with E-state index in [2.05, 4.69) is 5.10 Å². The molecule has 0 radical (unpaired) electrons. The second kappa shape index (κ2) is 7.08. The van der Waals surface area contributed by atoms with E-state index in [1.54, 1.807) is 18.2 Å². The topological polar surface area (TPSA) is 43.8 Å². The summed E-state index contributed by atoms with van der Waals surface area (Å²) >= 11 is 0. The van der Waals surface area contributed by atoms with E-state index in [0.29, 0.717) is 23.4 Å². The van der Waals surface area contributed by atoms with Crippen molar-refractivity contribution in [1.82, 2.24) is 9.78 Å². The van der Waals surface area contributed by atoms with Crippen LogP contribution in [0.1, 0.15) is 11.1 Å². The zero-order chi connectivity index (χ0) is 21.6. The number of rotatable bonds is 3. The van der Waals surface area contributed by atoms with Crippen LogP contribution >= 0.6 is 0 Å². The Kier molecular flexibility index (Phi) is 4.68. The Morgan fingerprint density at radius 1 is 0.900 bits per heavy atom. The van der Waals surface area contributed by atoms with Gasteiger partial charge in [-0.3, -0.25) is 4.68 Å². The number of fused-ring (bicyclic) bond motifs is 1. The monoisotopic (exact) mass is 421 g/mol. The largest absolute Gasteiger partial charge is 0.418 e. The maximum Gasteiger partial charge on any atom is 0.418 e. The summed E-state index contributed by atoms with van der Waals surface area (Å²) in [5, 5.41) is 4.15. The first-order valence-electron chi connectivity index (χ1n) is 8.71. The number of aromatic nitrogens is 2. The first-order chi connectivity index (χ1) is 14.1.